The summed E-state index contributed by atoms with van der Waals surface area (Å²) in [6.07, 6.45) is 0. The number of hydrogen-bond acceptors (Lipinski definition) is 8. The van der Waals surface area contributed by atoms with E-state index in [1.54, 1.807) is 0 Å². The quantitative estimate of drug-likeness (QED) is 0.177. The van der Waals surface area contributed by atoms with E-state index in [2.05, 4.69) is 27.8 Å². The molecule has 0 aliphatic heterocycles. The molecule has 0 N–H and O–H groups in total. The summed E-state index contributed by atoms with van der Waals surface area (Å²) in [5.41, 5.74) is 0. The first kappa shape index (κ1) is 30.7. The first-order chi connectivity index (χ1) is 13.8. The van der Waals surface area contributed by atoms with E-state index < -0.39 is 33.2 Å². The molecule has 0 amide bonds. The Balaban J connectivity index is 4.69. The molecule has 29 heavy (non-hydrogen) atoms. The molecule has 0 aromatic rings. The maximum atomic E-state index is 5.99. The van der Waals surface area contributed by atoms with E-state index in [0.717, 1.165) is 23.6 Å². The van der Waals surface area contributed by atoms with Gasteiger partial charge < -0.3 is 0 Å². The number of hydrogen-bond donors (Lipinski definition) is 0. The van der Waals surface area contributed by atoms with Gasteiger partial charge in [-0.2, -0.15) is 0 Å². The van der Waals surface area contributed by atoms with Crippen LogP contribution in [0.5, 0.6) is 0 Å². The fraction of sp³-hybridized carbons (Fsp3) is 1.00. The zero-order valence-electron chi connectivity index (χ0n) is 19.8. The summed E-state index contributed by atoms with van der Waals surface area (Å²) < 4.78 is 35.9. The van der Waals surface area contributed by atoms with E-state index in [1.165, 1.54) is 0 Å². The minimum atomic E-state index is -2.54. The Bertz CT molecular complexity index is 343. The van der Waals surface area contributed by atoms with E-state index in [-0.39, 0.29) is 0 Å². The van der Waals surface area contributed by atoms with Crippen LogP contribution in [0.2, 0.25) is 22.0 Å². The monoisotopic (exact) mass is 596 g/mol. The van der Waals surface area contributed by atoms with Gasteiger partial charge >= 0.3 is 192 Å². The average molecular weight is 596 g/mol. The Labute approximate surface area is 191 Å². The van der Waals surface area contributed by atoms with Crippen molar-refractivity contribution in [2.45, 2.75) is 63.5 Å². The standard InChI is InChI=1S/2C8H20O3SSi.2CH3.Sn/c2*1-4-9-13(8-7-12,10-5-2)11-6-3;;;/h2*12H,4-8H2,1-3H3;2*1H3;/q;;;;+2/p-2. The second-order valence-electron chi connectivity index (χ2n) is 6.56. The molecule has 11 heteroatoms. The van der Waals surface area contributed by atoms with Gasteiger partial charge in [0.25, 0.3) is 0 Å². The second kappa shape index (κ2) is 17.2. The van der Waals surface area contributed by atoms with E-state index >= 15 is 0 Å². The molecule has 176 valence electrons. The van der Waals surface area contributed by atoms with Gasteiger partial charge in [0.2, 0.25) is 0 Å². The summed E-state index contributed by atoms with van der Waals surface area (Å²) >= 11 is -2.30. The third kappa shape index (κ3) is 13.1. The van der Waals surface area contributed by atoms with Crippen LogP contribution in [0.25, 0.3) is 0 Å². The molecule has 0 aromatic carbocycles. The number of rotatable bonds is 20. The molecule has 0 aromatic heterocycles. The summed E-state index contributed by atoms with van der Waals surface area (Å²) in [6, 6.07) is 1.76. The fourth-order valence-corrected chi connectivity index (χ4v) is 30.2. The average Bonchev–Trinajstić information content (AvgIpc) is 2.63. The van der Waals surface area contributed by atoms with E-state index in [0.29, 0.717) is 39.6 Å². The van der Waals surface area contributed by atoms with Crippen molar-refractivity contribution < 1.29 is 26.6 Å². The van der Waals surface area contributed by atoms with Gasteiger partial charge in [-0.15, -0.1) is 0 Å². The molecule has 0 bridgehead atoms. The molecule has 0 saturated heterocycles. The molecule has 0 aliphatic carbocycles. The molecular weight excluding hydrogens is 551 g/mol. The molecular formula is C18H44O6S2Si2Sn. The van der Waals surface area contributed by atoms with Crippen molar-refractivity contribution in [3.05, 3.63) is 0 Å². The summed E-state index contributed by atoms with van der Waals surface area (Å²) in [5.74, 6) is 2.07. The van der Waals surface area contributed by atoms with Crippen molar-refractivity contribution in [3.8, 4) is 0 Å². The van der Waals surface area contributed by atoms with Crippen molar-refractivity contribution in [3.63, 3.8) is 0 Å². The first-order valence-electron chi connectivity index (χ1n) is 10.9. The van der Waals surface area contributed by atoms with Crippen molar-refractivity contribution in [1.82, 2.24) is 0 Å². The van der Waals surface area contributed by atoms with Crippen molar-refractivity contribution >= 4 is 51.1 Å². The van der Waals surface area contributed by atoms with E-state index in [1.807, 2.05) is 41.5 Å². The van der Waals surface area contributed by atoms with E-state index in [9.17, 15) is 0 Å². The predicted octanol–water partition coefficient (Wildman–Crippen LogP) is 5.25. The Hall–Kier alpha value is 1.69. The van der Waals surface area contributed by atoms with Gasteiger partial charge in [0, 0.05) is 0 Å². The van der Waals surface area contributed by atoms with Gasteiger partial charge in [0.05, 0.1) is 0 Å². The molecule has 0 fully saturated rings. The normalized spacial score (nSPS) is 13.2. The first-order valence-corrected chi connectivity index (χ1v) is 29.4. The molecule has 0 atom stereocenters. The van der Waals surface area contributed by atoms with Crippen LogP contribution in [-0.4, -0.2) is 84.4 Å². The van der Waals surface area contributed by atoms with Crippen LogP contribution in [0, 0.1) is 0 Å². The minimum absolute atomic E-state index is 0.636. The van der Waals surface area contributed by atoms with Crippen molar-refractivity contribution in [2.24, 2.45) is 0 Å². The molecule has 0 rings (SSSR count). The molecule has 0 heterocycles. The van der Waals surface area contributed by atoms with Gasteiger partial charge in [0.15, 0.2) is 0 Å². The molecule has 0 radical (unpaired) electrons. The topological polar surface area (TPSA) is 55.4 Å². The summed E-state index contributed by atoms with van der Waals surface area (Å²) in [4.78, 5) is 4.95. The molecule has 0 spiro atoms. The van der Waals surface area contributed by atoms with Crippen LogP contribution in [0.3, 0.4) is 0 Å². The summed E-state index contributed by atoms with van der Waals surface area (Å²) in [5, 5.41) is 0. The molecule has 6 nitrogen and oxygen atoms in total. The molecule has 0 aliphatic rings. The van der Waals surface area contributed by atoms with Gasteiger partial charge in [0.1, 0.15) is 0 Å². The molecule has 0 saturated carbocycles. The van der Waals surface area contributed by atoms with Gasteiger partial charge in [-0.3, -0.25) is 0 Å². The zero-order valence-corrected chi connectivity index (χ0v) is 26.3. The third-order valence-corrected chi connectivity index (χ3v) is 33.1. The summed E-state index contributed by atoms with van der Waals surface area (Å²) in [7, 11) is -0.808. The van der Waals surface area contributed by atoms with Crippen molar-refractivity contribution in [1.29, 1.82) is 0 Å². The SMILES string of the molecule is CCO[Si](CC[S][Sn]([CH3])([CH3])[S]CC[Si](OCC)(OCC)OCC)(OCC)OCC. The third-order valence-electron chi connectivity index (χ3n) is 3.90. The van der Waals surface area contributed by atoms with Crippen LogP contribution < -0.4 is 0 Å². The maximum absolute atomic E-state index is 5.99. The predicted molar refractivity (Wildman–Crippen MR) is 133 cm³/mol. The van der Waals surface area contributed by atoms with E-state index in [4.69, 9.17) is 26.6 Å². The van der Waals surface area contributed by atoms with Gasteiger partial charge in [-0.1, -0.05) is 0 Å². The van der Waals surface area contributed by atoms with Crippen LogP contribution in [0.4, 0.5) is 0 Å². The Morgan fingerprint density at radius 1 is 0.517 bits per heavy atom. The van der Waals surface area contributed by atoms with Crippen molar-refractivity contribution in [2.75, 3.05) is 51.1 Å². The Morgan fingerprint density at radius 3 is 0.966 bits per heavy atom. The van der Waals surface area contributed by atoms with Crippen LogP contribution in [0.1, 0.15) is 41.5 Å². The Kier molecular flexibility index (Phi) is 18.2. The Morgan fingerprint density at radius 2 is 0.759 bits per heavy atom. The second-order valence-corrected chi connectivity index (χ2v) is 41.8. The van der Waals surface area contributed by atoms with Crippen LogP contribution in [-0.2, 0) is 26.6 Å². The van der Waals surface area contributed by atoms with Gasteiger partial charge in [-0.25, -0.2) is 0 Å². The zero-order chi connectivity index (χ0) is 22.2. The van der Waals surface area contributed by atoms with Crippen LogP contribution >= 0.6 is 17.9 Å². The van der Waals surface area contributed by atoms with Crippen LogP contribution in [0.15, 0.2) is 0 Å². The van der Waals surface area contributed by atoms with Gasteiger partial charge in [-0.05, 0) is 0 Å². The fourth-order valence-electron chi connectivity index (χ4n) is 2.89. The molecule has 0 unspecified atom stereocenters. The summed E-state index contributed by atoms with van der Waals surface area (Å²) in [6.45, 7) is 15.9.